The van der Waals surface area contributed by atoms with Gasteiger partial charge in [0.1, 0.15) is 0 Å². The topological polar surface area (TPSA) is 64.8 Å². The standard InChI is InChI=1S/C21H30N2O3/c1-25-21(24)23-18-12-11-17(18)20(22)19(23)13-26-16-9-7-15(8-10-16)14-5-3-2-4-6-14/h2-6,15-20H,7-13,22H2,1H3. The highest BCUT2D eigenvalue weighted by Gasteiger charge is 2.54. The van der Waals surface area contributed by atoms with Crippen molar-refractivity contribution < 1.29 is 14.3 Å². The number of hydrogen-bond donors (Lipinski definition) is 1. The second kappa shape index (κ2) is 7.57. The molecule has 26 heavy (non-hydrogen) atoms. The third-order valence-electron chi connectivity index (χ3n) is 6.78. The van der Waals surface area contributed by atoms with Crippen molar-refractivity contribution >= 4 is 6.09 Å². The van der Waals surface area contributed by atoms with Crippen molar-refractivity contribution in [1.29, 1.82) is 0 Å². The fourth-order valence-electron chi connectivity index (χ4n) is 5.11. The van der Waals surface area contributed by atoms with E-state index in [1.54, 1.807) is 0 Å². The molecule has 142 valence electrons. The average Bonchev–Trinajstić information content (AvgIpc) is 2.85. The Morgan fingerprint density at radius 1 is 1.12 bits per heavy atom. The number of likely N-dealkylation sites (tertiary alicyclic amines) is 1. The molecular formula is C21H30N2O3. The predicted molar refractivity (Wildman–Crippen MR) is 99.9 cm³/mol. The molecule has 3 aliphatic rings. The molecule has 1 saturated heterocycles. The highest BCUT2D eigenvalue weighted by atomic mass is 16.5. The molecular weight excluding hydrogens is 328 g/mol. The number of benzene rings is 1. The molecule has 5 nitrogen and oxygen atoms in total. The summed E-state index contributed by atoms with van der Waals surface area (Å²) in [6.07, 6.45) is 6.65. The first-order valence-corrected chi connectivity index (χ1v) is 9.97. The predicted octanol–water partition coefficient (Wildman–Crippen LogP) is 3.29. The van der Waals surface area contributed by atoms with Gasteiger partial charge in [0.2, 0.25) is 0 Å². The number of amides is 1. The Labute approximate surface area is 155 Å². The second-order valence-electron chi connectivity index (χ2n) is 8.05. The van der Waals surface area contributed by atoms with E-state index in [9.17, 15) is 4.79 Å². The van der Waals surface area contributed by atoms with Crippen molar-refractivity contribution in [3.8, 4) is 0 Å². The number of carbonyl (C=O) groups excluding carboxylic acids is 1. The molecule has 0 spiro atoms. The van der Waals surface area contributed by atoms with Gasteiger partial charge in [-0.3, -0.25) is 4.90 Å². The van der Waals surface area contributed by atoms with Crippen LogP contribution in [0.4, 0.5) is 4.79 Å². The van der Waals surface area contributed by atoms with Gasteiger partial charge in [0.05, 0.1) is 25.9 Å². The zero-order valence-electron chi connectivity index (χ0n) is 15.5. The van der Waals surface area contributed by atoms with Gasteiger partial charge in [0.15, 0.2) is 0 Å². The molecule has 1 heterocycles. The summed E-state index contributed by atoms with van der Waals surface area (Å²) >= 11 is 0. The molecule has 2 aliphatic carbocycles. The van der Waals surface area contributed by atoms with Crippen LogP contribution < -0.4 is 5.73 Å². The van der Waals surface area contributed by atoms with E-state index in [1.807, 2.05) is 4.90 Å². The van der Waals surface area contributed by atoms with Crippen molar-refractivity contribution in [2.24, 2.45) is 11.7 Å². The molecule has 0 bridgehead atoms. The zero-order chi connectivity index (χ0) is 18.1. The molecule has 1 aromatic rings. The lowest BCUT2D eigenvalue weighted by Crippen LogP contribution is -2.48. The lowest BCUT2D eigenvalue weighted by molar-refractivity contribution is -0.00959. The summed E-state index contributed by atoms with van der Waals surface area (Å²) in [5, 5.41) is 0. The summed E-state index contributed by atoms with van der Waals surface area (Å²) < 4.78 is 11.2. The van der Waals surface area contributed by atoms with E-state index in [1.165, 1.54) is 12.7 Å². The Hall–Kier alpha value is -1.59. The maximum Gasteiger partial charge on any atom is 0.410 e. The highest BCUT2D eigenvalue weighted by molar-refractivity contribution is 5.69. The first-order chi connectivity index (χ1) is 12.7. The quantitative estimate of drug-likeness (QED) is 0.897. The van der Waals surface area contributed by atoms with Crippen LogP contribution in [0.15, 0.2) is 30.3 Å². The SMILES string of the molecule is COC(=O)N1C(COC2CCC(c3ccccc3)CC2)C(N)C2CCC21. The Kier molecular flexibility index (Phi) is 5.18. The number of methoxy groups -OCH3 is 1. The molecule has 4 unspecified atom stereocenters. The van der Waals surface area contributed by atoms with Crippen LogP contribution in [0.25, 0.3) is 0 Å². The first kappa shape index (κ1) is 17.8. The van der Waals surface area contributed by atoms with Crippen LogP contribution in [0.2, 0.25) is 0 Å². The average molecular weight is 358 g/mol. The molecule has 1 amide bonds. The van der Waals surface area contributed by atoms with E-state index in [-0.39, 0.29) is 30.3 Å². The summed E-state index contributed by atoms with van der Waals surface area (Å²) in [6, 6.07) is 11.0. The summed E-state index contributed by atoms with van der Waals surface area (Å²) in [6.45, 7) is 0.532. The summed E-state index contributed by atoms with van der Waals surface area (Å²) in [7, 11) is 1.45. The Bertz CT molecular complexity index is 615. The molecule has 2 saturated carbocycles. The van der Waals surface area contributed by atoms with E-state index in [4.69, 9.17) is 15.2 Å². The van der Waals surface area contributed by atoms with Gasteiger partial charge >= 0.3 is 6.09 Å². The van der Waals surface area contributed by atoms with Crippen LogP contribution in [0.5, 0.6) is 0 Å². The minimum absolute atomic E-state index is 0.00788. The van der Waals surface area contributed by atoms with Gasteiger partial charge in [0.25, 0.3) is 0 Å². The second-order valence-corrected chi connectivity index (χ2v) is 8.05. The number of carbonyl (C=O) groups is 1. The largest absolute Gasteiger partial charge is 0.453 e. The lowest BCUT2D eigenvalue weighted by Gasteiger charge is -2.36. The van der Waals surface area contributed by atoms with E-state index >= 15 is 0 Å². The fraction of sp³-hybridized carbons (Fsp3) is 0.667. The highest BCUT2D eigenvalue weighted by Crippen LogP contribution is 2.43. The third kappa shape index (κ3) is 3.23. The minimum Gasteiger partial charge on any atom is -0.453 e. The van der Waals surface area contributed by atoms with Crippen molar-refractivity contribution in [3.63, 3.8) is 0 Å². The van der Waals surface area contributed by atoms with Gasteiger partial charge in [-0.05, 0) is 55.9 Å². The van der Waals surface area contributed by atoms with Gasteiger partial charge in [-0.2, -0.15) is 0 Å². The number of rotatable bonds is 4. The van der Waals surface area contributed by atoms with E-state index in [0.29, 0.717) is 18.4 Å². The monoisotopic (exact) mass is 358 g/mol. The number of nitrogens with two attached hydrogens (primary N) is 1. The maximum atomic E-state index is 12.2. The van der Waals surface area contributed by atoms with Gasteiger partial charge in [-0.15, -0.1) is 0 Å². The Balaban J connectivity index is 1.31. The summed E-state index contributed by atoms with van der Waals surface area (Å²) in [4.78, 5) is 14.1. The zero-order valence-corrected chi connectivity index (χ0v) is 15.5. The Morgan fingerprint density at radius 2 is 1.85 bits per heavy atom. The smallest absolute Gasteiger partial charge is 0.410 e. The van der Waals surface area contributed by atoms with Crippen molar-refractivity contribution in [2.45, 2.75) is 68.7 Å². The molecule has 1 aromatic carbocycles. The molecule has 4 atom stereocenters. The molecule has 5 heteroatoms. The molecule has 2 N–H and O–H groups in total. The van der Waals surface area contributed by atoms with Crippen LogP contribution in [-0.2, 0) is 9.47 Å². The van der Waals surface area contributed by atoms with Gasteiger partial charge < -0.3 is 15.2 Å². The first-order valence-electron chi connectivity index (χ1n) is 9.97. The molecule has 4 rings (SSSR count). The van der Waals surface area contributed by atoms with Crippen LogP contribution in [0.1, 0.15) is 50.0 Å². The van der Waals surface area contributed by atoms with Crippen LogP contribution >= 0.6 is 0 Å². The molecule has 1 aliphatic heterocycles. The number of ether oxygens (including phenoxy) is 2. The Morgan fingerprint density at radius 3 is 2.46 bits per heavy atom. The van der Waals surface area contributed by atoms with E-state index in [0.717, 1.165) is 38.5 Å². The molecule has 0 aromatic heterocycles. The molecule has 3 fully saturated rings. The van der Waals surface area contributed by atoms with Crippen molar-refractivity contribution in [1.82, 2.24) is 4.90 Å². The van der Waals surface area contributed by atoms with Crippen molar-refractivity contribution in [3.05, 3.63) is 35.9 Å². The minimum atomic E-state index is -0.256. The lowest BCUT2D eigenvalue weighted by atomic mass is 9.77. The fourth-order valence-corrected chi connectivity index (χ4v) is 5.11. The summed E-state index contributed by atoms with van der Waals surface area (Å²) in [5.41, 5.74) is 7.87. The number of hydrogen-bond acceptors (Lipinski definition) is 4. The normalized spacial score (nSPS) is 36.3. The summed E-state index contributed by atoms with van der Waals surface area (Å²) in [5.74, 6) is 1.06. The van der Waals surface area contributed by atoms with Crippen LogP contribution in [0, 0.1) is 5.92 Å². The van der Waals surface area contributed by atoms with Crippen LogP contribution in [0.3, 0.4) is 0 Å². The van der Waals surface area contributed by atoms with Gasteiger partial charge in [0, 0.05) is 12.1 Å². The van der Waals surface area contributed by atoms with E-state index in [2.05, 4.69) is 30.3 Å². The number of nitrogens with zero attached hydrogens (tertiary/aromatic N) is 1. The van der Waals surface area contributed by atoms with Gasteiger partial charge in [-0.25, -0.2) is 4.79 Å². The van der Waals surface area contributed by atoms with E-state index < -0.39 is 0 Å². The van der Waals surface area contributed by atoms with Gasteiger partial charge in [-0.1, -0.05) is 30.3 Å². The maximum absolute atomic E-state index is 12.2. The number of fused-ring (bicyclic) bond motifs is 1. The molecule has 0 radical (unpaired) electrons. The van der Waals surface area contributed by atoms with Crippen molar-refractivity contribution in [2.75, 3.05) is 13.7 Å². The van der Waals surface area contributed by atoms with Crippen LogP contribution in [-0.4, -0.2) is 48.9 Å². The third-order valence-corrected chi connectivity index (χ3v) is 6.78.